The van der Waals surface area contributed by atoms with E-state index >= 15 is 0 Å². The molecule has 78 valence electrons. The monoisotopic (exact) mass is 187 g/mol. The highest BCUT2D eigenvalue weighted by atomic mass is 16.6. The highest BCUT2D eigenvalue weighted by Gasteiger charge is 2.25. The van der Waals surface area contributed by atoms with Gasteiger partial charge in [-0.1, -0.05) is 0 Å². The molecule has 1 unspecified atom stereocenters. The Morgan fingerprint density at radius 3 is 2.31 bits per heavy atom. The molecule has 3 nitrogen and oxygen atoms in total. The Morgan fingerprint density at radius 2 is 1.85 bits per heavy atom. The summed E-state index contributed by atoms with van der Waals surface area (Å²) in [5.41, 5.74) is -0.246. The molecule has 0 aromatic heterocycles. The Hall–Kier alpha value is -0.120. The zero-order valence-corrected chi connectivity index (χ0v) is 8.84. The van der Waals surface area contributed by atoms with E-state index in [1.807, 2.05) is 20.8 Å². The van der Waals surface area contributed by atoms with Crippen LogP contribution in [-0.4, -0.2) is 30.1 Å². The summed E-state index contributed by atoms with van der Waals surface area (Å²) in [5, 5.41) is 13.0. The van der Waals surface area contributed by atoms with E-state index in [1.165, 1.54) is 0 Å². The van der Waals surface area contributed by atoms with E-state index in [4.69, 9.17) is 4.74 Å². The smallest absolute Gasteiger partial charge is 0.158 e. The predicted octanol–water partition coefficient (Wildman–Crippen LogP) is 1.12. The van der Waals surface area contributed by atoms with Crippen molar-refractivity contribution >= 4 is 0 Å². The molecule has 1 heterocycles. The number of ether oxygens (including phenoxy) is 1. The first kappa shape index (κ1) is 11.0. The SMILES string of the molecule is CC(C)(C)OC(O)C1CCNCC1. The third-order valence-corrected chi connectivity index (χ3v) is 2.26. The van der Waals surface area contributed by atoms with Gasteiger partial charge >= 0.3 is 0 Å². The highest BCUT2D eigenvalue weighted by Crippen LogP contribution is 2.21. The van der Waals surface area contributed by atoms with Gasteiger partial charge in [0.25, 0.3) is 0 Å². The maximum absolute atomic E-state index is 9.76. The Morgan fingerprint density at radius 1 is 1.31 bits per heavy atom. The van der Waals surface area contributed by atoms with E-state index < -0.39 is 6.29 Å². The van der Waals surface area contributed by atoms with Crippen molar-refractivity contribution < 1.29 is 9.84 Å². The Balaban J connectivity index is 2.33. The molecule has 0 aromatic carbocycles. The van der Waals surface area contributed by atoms with Crippen molar-refractivity contribution in [3.05, 3.63) is 0 Å². The van der Waals surface area contributed by atoms with Crippen LogP contribution in [-0.2, 0) is 4.74 Å². The lowest BCUT2D eigenvalue weighted by Gasteiger charge is -2.31. The molecule has 13 heavy (non-hydrogen) atoms. The number of piperidine rings is 1. The molecule has 1 fully saturated rings. The third kappa shape index (κ3) is 4.07. The van der Waals surface area contributed by atoms with E-state index in [0.717, 1.165) is 25.9 Å². The third-order valence-electron chi connectivity index (χ3n) is 2.26. The van der Waals surface area contributed by atoms with Crippen LogP contribution in [0.3, 0.4) is 0 Å². The Labute approximate surface area is 80.5 Å². The van der Waals surface area contributed by atoms with E-state index in [1.54, 1.807) is 0 Å². The zero-order chi connectivity index (χ0) is 9.90. The van der Waals surface area contributed by atoms with Gasteiger partial charge in [0.05, 0.1) is 5.60 Å². The summed E-state index contributed by atoms with van der Waals surface area (Å²) >= 11 is 0. The number of rotatable bonds is 2. The van der Waals surface area contributed by atoms with Gasteiger partial charge in [-0.3, -0.25) is 0 Å². The maximum Gasteiger partial charge on any atom is 0.158 e. The van der Waals surface area contributed by atoms with Gasteiger partial charge in [0.1, 0.15) is 0 Å². The molecule has 1 rings (SSSR count). The van der Waals surface area contributed by atoms with Crippen molar-refractivity contribution in [3.63, 3.8) is 0 Å². The number of hydrogen-bond acceptors (Lipinski definition) is 3. The topological polar surface area (TPSA) is 41.5 Å². The summed E-state index contributed by atoms with van der Waals surface area (Å²) < 4.78 is 5.50. The summed E-state index contributed by atoms with van der Waals surface area (Å²) in [6, 6.07) is 0. The lowest BCUT2D eigenvalue weighted by molar-refractivity contribution is -0.195. The zero-order valence-electron chi connectivity index (χ0n) is 8.84. The van der Waals surface area contributed by atoms with Crippen molar-refractivity contribution in [1.29, 1.82) is 0 Å². The summed E-state index contributed by atoms with van der Waals surface area (Å²) in [4.78, 5) is 0. The molecule has 0 aromatic rings. The van der Waals surface area contributed by atoms with Crippen LogP contribution in [0.4, 0.5) is 0 Å². The van der Waals surface area contributed by atoms with Gasteiger partial charge in [-0.2, -0.15) is 0 Å². The molecule has 0 radical (unpaired) electrons. The number of nitrogens with one attached hydrogen (secondary N) is 1. The normalized spacial score (nSPS) is 23.1. The van der Waals surface area contributed by atoms with Crippen LogP contribution in [0.2, 0.25) is 0 Å². The quantitative estimate of drug-likeness (QED) is 0.637. The minimum absolute atomic E-state index is 0.246. The first-order chi connectivity index (χ1) is 5.99. The first-order valence-electron chi connectivity index (χ1n) is 5.05. The second-order valence-electron chi connectivity index (χ2n) is 4.71. The lowest BCUT2D eigenvalue weighted by atomic mass is 9.97. The maximum atomic E-state index is 9.76. The van der Waals surface area contributed by atoms with Crippen molar-refractivity contribution in [2.75, 3.05) is 13.1 Å². The fourth-order valence-electron chi connectivity index (χ4n) is 1.59. The van der Waals surface area contributed by atoms with E-state index in [9.17, 15) is 5.11 Å². The Kier molecular flexibility index (Phi) is 3.71. The second-order valence-corrected chi connectivity index (χ2v) is 4.71. The van der Waals surface area contributed by atoms with Crippen LogP contribution >= 0.6 is 0 Å². The summed E-state index contributed by atoms with van der Waals surface area (Å²) in [5.74, 6) is 0.306. The number of aliphatic hydroxyl groups is 1. The molecular weight excluding hydrogens is 166 g/mol. The summed E-state index contributed by atoms with van der Waals surface area (Å²) in [6.45, 7) is 7.90. The van der Waals surface area contributed by atoms with Crippen molar-refractivity contribution in [3.8, 4) is 0 Å². The van der Waals surface area contributed by atoms with Crippen LogP contribution in [0.15, 0.2) is 0 Å². The van der Waals surface area contributed by atoms with Gasteiger partial charge in [-0.15, -0.1) is 0 Å². The number of hydrogen-bond donors (Lipinski definition) is 2. The largest absolute Gasteiger partial charge is 0.368 e. The fraction of sp³-hybridized carbons (Fsp3) is 1.00. The van der Waals surface area contributed by atoms with Gasteiger partial charge in [0, 0.05) is 5.92 Å². The van der Waals surface area contributed by atoms with Crippen LogP contribution in [0.25, 0.3) is 0 Å². The minimum Gasteiger partial charge on any atom is -0.368 e. The molecule has 0 amide bonds. The molecule has 1 atom stereocenters. The average Bonchev–Trinajstić information content (AvgIpc) is 2.03. The van der Waals surface area contributed by atoms with Gasteiger partial charge in [0.15, 0.2) is 6.29 Å². The predicted molar refractivity (Wildman–Crippen MR) is 52.4 cm³/mol. The number of aliphatic hydroxyl groups excluding tert-OH is 1. The average molecular weight is 187 g/mol. The van der Waals surface area contributed by atoms with Crippen LogP contribution < -0.4 is 5.32 Å². The van der Waals surface area contributed by atoms with Gasteiger partial charge < -0.3 is 15.2 Å². The fourth-order valence-corrected chi connectivity index (χ4v) is 1.59. The van der Waals surface area contributed by atoms with E-state index in [-0.39, 0.29) is 5.60 Å². The van der Waals surface area contributed by atoms with Crippen LogP contribution in [0.1, 0.15) is 33.6 Å². The standard InChI is InChI=1S/C10H21NO2/c1-10(2,3)13-9(12)8-4-6-11-7-5-8/h8-9,11-12H,4-7H2,1-3H3. The molecule has 1 saturated heterocycles. The molecule has 1 aliphatic heterocycles. The van der Waals surface area contributed by atoms with E-state index in [0.29, 0.717) is 5.92 Å². The molecule has 0 saturated carbocycles. The van der Waals surface area contributed by atoms with Gasteiger partial charge in [0.2, 0.25) is 0 Å². The Bertz CT molecular complexity index is 147. The van der Waals surface area contributed by atoms with Crippen molar-refractivity contribution in [1.82, 2.24) is 5.32 Å². The van der Waals surface area contributed by atoms with E-state index in [2.05, 4.69) is 5.32 Å². The lowest BCUT2D eigenvalue weighted by Crippen LogP contribution is -2.38. The van der Waals surface area contributed by atoms with Crippen LogP contribution in [0.5, 0.6) is 0 Å². The second kappa shape index (κ2) is 4.40. The molecule has 2 N–H and O–H groups in total. The summed E-state index contributed by atoms with van der Waals surface area (Å²) in [7, 11) is 0. The molecular formula is C10H21NO2. The molecule has 1 aliphatic rings. The van der Waals surface area contributed by atoms with Crippen molar-refractivity contribution in [2.45, 2.75) is 45.5 Å². The first-order valence-corrected chi connectivity index (χ1v) is 5.05. The van der Waals surface area contributed by atoms with Gasteiger partial charge in [-0.05, 0) is 46.7 Å². The molecule has 3 heteroatoms. The minimum atomic E-state index is -0.595. The van der Waals surface area contributed by atoms with Gasteiger partial charge in [-0.25, -0.2) is 0 Å². The molecule has 0 bridgehead atoms. The molecule has 0 aliphatic carbocycles. The highest BCUT2D eigenvalue weighted by molar-refractivity contribution is 4.72. The summed E-state index contributed by atoms with van der Waals surface area (Å²) in [6.07, 6.45) is 1.43. The molecule has 0 spiro atoms. The van der Waals surface area contributed by atoms with Crippen LogP contribution in [0, 0.1) is 5.92 Å². The van der Waals surface area contributed by atoms with Crippen molar-refractivity contribution in [2.24, 2.45) is 5.92 Å².